The van der Waals surface area contributed by atoms with E-state index >= 15 is 0 Å². The van der Waals surface area contributed by atoms with Crippen LogP contribution in [0.2, 0.25) is 6.04 Å². The van der Waals surface area contributed by atoms with Crippen LogP contribution in [0.25, 0.3) is 0 Å². The molecule has 0 amide bonds. The Labute approximate surface area is 141 Å². The van der Waals surface area contributed by atoms with Crippen LogP contribution >= 0.6 is 0 Å². The molecule has 0 aromatic rings. The molecule has 0 aliphatic heterocycles. The third-order valence-corrected chi connectivity index (χ3v) is 6.94. The van der Waals surface area contributed by atoms with E-state index in [1.54, 1.807) is 0 Å². The first-order chi connectivity index (χ1) is 11.0. The summed E-state index contributed by atoms with van der Waals surface area (Å²) in [6.07, 6.45) is 2.49. The Balaban J connectivity index is 5.13. The zero-order valence-corrected chi connectivity index (χ0v) is 16.1. The first-order valence-corrected chi connectivity index (χ1v) is 10.4. The quantitative estimate of drug-likeness (QED) is 0.273. The number of aldehydes is 1. The summed E-state index contributed by atoms with van der Waals surface area (Å²) in [7, 11) is -1.42. The fourth-order valence-corrected chi connectivity index (χ4v) is 5.44. The third kappa shape index (κ3) is 7.56. The maximum atomic E-state index is 12.1. The molecule has 0 aromatic carbocycles. The first-order valence-electron chi connectivity index (χ1n) is 8.47. The van der Waals surface area contributed by atoms with Crippen molar-refractivity contribution in [2.24, 2.45) is 11.8 Å². The fourth-order valence-electron chi connectivity index (χ4n) is 2.77. The molecule has 0 bridgehead atoms. The molecule has 0 aromatic heterocycles. The second kappa shape index (κ2) is 12.6. The Bertz CT molecular complexity index is 320. The minimum Gasteiger partial charge on any atom is -0.469 e. The zero-order chi connectivity index (χ0) is 17.7. The minimum absolute atomic E-state index is 0.0310. The molecule has 0 N–H and O–H groups in total. The van der Waals surface area contributed by atoms with Gasteiger partial charge in [0.05, 0.1) is 13.0 Å². The van der Waals surface area contributed by atoms with Crippen LogP contribution in [-0.2, 0) is 27.6 Å². The molecule has 136 valence electrons. The monoisotopic (exact) mass is 348 g/mol. The topological polar surface area (TPSA) is 71.1 Å². The van der Waals surface area contributed by atoms with E-state index in [1.165, 1.54) is 7.11 Å². The van der Waals surface area contributed by atoms with Gasteiger partial charge < -0.3 is 22.8 Å². The van der Waals surface area contributed by atoms with Gasteiger partial charge in [0.1, 0.15) is 6.29 Å². The Morgan fingerprint density at radius 2 is 1.57 bits per heavy atom. The molecule has 0 spiro atoms. The molecule has 7 heteroatoms. The molecule has 0 fully saturated rings. The summed E-state index contributed by atoms with van der Waals surface area (Å²) in [6.45, 7) is 9.18. The van der Waals surface area contributed by atoms with Crippen molar-refractivity contribution < 1.29 is 27.6 Å². The molecule has 0 aliphatic rings. The fraction of sp³-hybridized carbons (Fsp3) is 0.875. The highest BCUT2D eigenvalue weighted by Crippen LogP contribution is 2.29. The molecule has 2 atom stereocenters. The second-order valence-electron chi connectivity index (χ2n) is 5.22. The lowest BCUT2D eigenvalue weighted by Crippen LogP contribution is -2.46. The summed E-state index contributed by atoms with van der Waals surface area (Å²) >= 11 is 0. The van der Waals surface area contributed by atoms with Gasteiger partial charge in [-0.3, -0.25) is 4.79 Å². The largest absolute Gasteiger partial charge is 0.500 e. The normalized spacial score (nSPS) is 14.3. The van der Waals surface area contributed by atoms with E-state index in [2.05, 4.69) is 0 Å². The molecular weight excluding hydrogens is 316 g/mol. The molecule has 6 nitrogen and oxygen atoms in total. The highest BCUT2D eigenvalue weighted by Gasteiger charge is 2.42. The summed E-state index contributed by atoms with van der Waals surface area (Å²) in [5.41, 5.74) is 0. The lowest BCUT2D eigenvalue weighted by Gasteiger charge is -2.30. The summed E-state index contributed by atoms with van der Waals surface area (Å²) < 4.78 is 22.4. The van der Waals surface area contributed by atoms with E-state index in [0.717, 1.165) is 12.7 Å². The smallest absolute Gasteiger partial charge is 0.469 e. The van der Waals surface area contributed by atoms with Gasteiger partial charge in [-0.15, -0.1) is 0 Å². The van der Waals surface area contributed by atoms with Crippen LogP contribution in [0.5, 0.6) is 0 Å². The summed E-state index contributed by atoms with van der Waals surface area (Å²) in [4.78, 5) is 23.0. The summed E-state index contributed by atoms with van der Waals surface area (Å²) in [6, 6.07) is 0.539. The average Bonchev–Trinajstić information content (AvgIpc) is 2.54. The molecule has 0 aliphatic carbocycles. The van der Waals surface area contributed by atoms with Crippen molar-refractivity contribution in [3.63, 3.8) is 0 Å². The molecule has 0 saturated heterocycles. The predicted octanol–water partition coefficient (Wildman–Crippen LogP) is 2.83. The minimum atomic E-state index is -2.79. The average molecular weight is 349 g/mol. The van der Waals surface area contributed by atoms with Crippen molar-refractivity contribution in [3.05, 3.63) is 0 Å². The lowest BCUT2D eigenvalue weighted by molar-refractivity contribution is -0.147. The lowest BCUT2D eigenvalue weighted by atomic mass is 9.86. The van der Waals surface area contributed by atoms with Gasteiger partial charge in [-0.05, 0) is 33.1 Å². The summed E-state index contributed by atoms with van der Waals surface area (Å²) in [5, 5.41) is 0. The van der Waals surface area contributed by atoms with Gasteiger partial charge >= 0.3 is 14.8 Å². The van der Waals surface area contributed by atoms with Crippen LogP contribution in [-0.4, -0.2) is 48.0 Å². The van der Waals surface area contributed by atoms with Crippen LogP contribution in [0.15, 0.2) is 0 Å². The van der Waals surface area contributed by atoms with Crippen LogP contribution in [0.1, 0.15) is 47.0 Å². The number of carbonyl (C=O) groups excluding carboxylic acids is 2. The third-order valence-electron chi connectivity index (χ3n) is 3.85. The summed E-state index contributed by atoms with van der Waals surface area (Å²) in [5.74, 6) is -0.661. The number of hydrogen-bond acceptors (Lipinski definition) is 6. The van der Waals surface area contributed by atoms with E-state index in [1.807, 2.05) is 27.7 Å². The highest BCUT2D eigenvalue weighted by molar-refractivity contribution is 6.60. The van der Waals surface area contributed by atoms with Crippen molar-refractivity contribution in [1.29, 1.82) is 0 Å². The van der Waals surface area contributed by atoms with Crippen molar-refractivity contribution >= 4 is 21.1 Å². The number of ether oxygens (including phenoxy) is 1. The molecular formula is C16H32O6Si. The SMILES string of the molecule is CCO[Si](CCC(C(=O)OC)C(CC)CC=O)(OCC)OCC. The van der Waals surface area contributed by atoms with Gasteiger partial charge in [0.25, 0.3) is 0 Å². The Morgan fingerprint density at radius 1 is 1.04 bits per heavy atom. The van der Waals surface area contributed by atoms with Gasteiger partial charge in [0.15, 0.2) is 0 Å². The maximum absolute atomic E-state index is 12.1. The maximum Gasteiger partial charge on any atom is 0.500 e. The van der Waals surface area contributed by atoms with Gasteiger partial charge in [0, 0.05) is 32.3 Å². The molecule has 2 unspecified atom stereocenters. The van der Waals surface area contributed by atoms with Gasteiger partial charge in [-0.1, -0.05) is 13.3 Å². The number of carbonyl (C=O) groups is 2. The van der Waals surface area contributed by atoms with Gasteiger partial charge in [-0.2, -0.15) is 0 Å². The van der Waals surface area contributed by atoms with Gasteiger partial charge in [-0.25, -0.2) is 0 Å². The van der Waals surface area contributed by atoms with Crippen LogP contribution in [0, 0.1) is 11.8 Å². The molecule has 0 radical (unpaired) electrons. The highest BCUT2D eigenvalue weighted by atomic mass is 28.4. The molecule has 23 heavy (non-hydrogen) atoms. The van der Waals surface area contributed by atoms with Crippen molar-refractivity contribution in [3.8, 4) is 0 Å². The van der Waals surface area contributed by atoms with Crippen LogP contribution in [0.3, 0.4) is 0 Å². The van der Waals surface area contributed by atoms with E-state index in [9.17, 15) is 9.59 Å². The van der Waals surface area contributed by atoms with Crippen molar-refractivity contribution in [1.82, 2.24) is 0 Å². The van der Waals surface area contributed by atoms with Crippen molar-refractivity contribution in [2.45, 2.75) is 53.0 Å². The van der Waals surface area contributed by atoms with Gasteiger partial charge in [0.2, 0.25) is 0 Å². The van der Waals surface area contributed by atoms with E-state index < -0.39 is 8.80 Å². The number of methoxy groups -OCH3 is 1. The number of hydrogen-bond donors (Lipinski definition) is 0. The molecule has 0 rings (SSSR count). The zero-order valence-electron chi connectivity index (χ0n) is 15.1. The van der Waals surface area contributed by atoms with E-state index in [0.29, 0.717) is 38.7 Å². The number of esters is 1. The Hall–Kier alpha value is -0.763. The molecule has 0 heterocycles. The Kier molecular flexibility index (Phi) is 12.2. The van der Waals surface area contributed by atoms with Crippen molar-refractivity contribution in [2.75, 3.05) is 26.9 Å². The van der Waals surface area contributed by atoms with Crippen LogP contribution in [0.4, 0.5) is 0 Å². The second-order valence-corrected chi connectivity index (χ2v) is 7.95. The first kappa shape index (κ1) is 22.2. The van der Waals surface area contributed by atoms with E-state index in [4.69, 9.17) is 18.0 Å². The van der Waals surface area contributed by atoms with Crippen LogP contribution < -0.4 is 0 Å². The Morgan fingerprint density at radius 3 is 1.91 bits per heavy atom. The number of rotatable bonds is 14. The van der Waals surface area contributed by atoms with E-state index in [-0.39, 0.29) is 17.8 Å². The predicted molar refractivity (Wildman–Crippen MR) is 90.0 cm³/mol. The standard InChI is InChI=1S/C16H32O6Si/c1-6-14(10-12-17)15(16(18)19-5)11-13-23(20-7-2,21-8-3)22-9-4/h12,14-15H,6-11,13H2,1-5H3. The molecule has 0 saturated carbocycles.